The molecule has 2 aromatic rings. The first kappa shape index (κ1) is 21.5. The second-order valence-electron chi connectivity index (χ2n) is 6.79. The van der Waals surface area contributed by atoms with Crippen LogP contribution in [-0.2, 0) is 27.4 Å². The summed E-state index contributed by atoms with van der Waals surface area (Å²) in [7, 11) is 0. The van der Waals surface area contributed by atoms with E-state index in [1.807, 2.05) is 30.3 Å². The third-order valence-electron chi connectivity index (χ3n) is 4.63. The molecular weight excluding hydrogens is 408 g/mol. The first-order valence-corrected chi connectivity index (χ1v) is 10.5. The number of hydrogen-bond acceptors (Lipinski definition) is 6. The number of ether oxygens (including phenoxy) is 1. The Hall–Kier alpha value is -3.20. The number of rotatable bonds is 7. The fraction of sp³-hybridized carbons (Fsp3) is 0.286. The van der Waals surface area contributed by atoms with Gasteiger partial charge in [-0.25, -0.2) is 9.59 Å². The Kier molecular flexibility index (Phi) is 7.18. The molecule has 0 aliphatic carbocycles. The van der Waals surface area contributed by atoms with E-state index in [-0.39, 0.29) is 24.7 Å². The van der Waals surface area contributed by atoms with E-state index in [2.05, 4.69) is 5.32 Å². The quantitative estimate of drug-likeness (QED) is 0.617. The molecule has 0 bridgehead atoms. The molecule has 1 aliphatic rings. The standard InChI is InChI=1S/C21H22N2O6S/c24-16-8-6-14(7-9-16)10-17(19(25)23-13-30-12-18(23)20(26)27)22-21(28)29-11-15-4-2-1-3-5-15/h1-9,17-18,24H,10-13H2,(H,22,28)(H,26,27)/t17-,18-/m0/s1. The van der Waals surface area contributed by atoms with Gasteiger partial charge in [-0.05, 0) is 23.3 Å². The zero-order valence-electron chi connectivity index (χ0n) is 16.1. The Morgan fingerprint density at radius 3 is 2.47 bits per heavy atom. The summed E-state index contributed by atoms with van der Waals surface area (Å²) in [5, 5.41) is 21.4. The highest BCUT2D eigenvalue weighted by molar-refractivity contribution is 7.99. The zero-order valence-corrected chi connectivity index (χ0v) is 16.9. The van der Waals surface area contributed by atoms with Crippen molar-refractivity contribution in [3.05, 3.63) is 65.7 Å². The fourth-order valence-electron chi connectivity index (χ4n) is 3.04. The summed E-state index contributed by atoms with van der Waals surface area (Å²) in [6.07, 6.45) is -0.637. The van der Waals surface area contributed by atoms with Crippen LogP contribution in [0.15, 0.2) is 54.6 Å². The van der Waals surface area contributed by atoms with Crippen LogP contribution in [-0.4, -0.2) is 56.8 Å². The van der Waals surface area contributed by atoms with Crippen LogP contribution in [0.4, 0.5) is 4.79 Å². The minimum atomic E-state index is -1.08. The van der Waals surface area contributed by atoms with Crippen LogP contribution in [0.25, 0.3) is 0 Å². The number of nitrogens with one attached hydrogen (secondary N) is 1. The maximum atomic E-state index is 13.1. The Labute approximate surface area is 177 Å². The normalized spacial score (nSPS) is 16.7. The Balaban J connectivity index is 1.71. The smallest absolute Gasteiger partial charge is 0.408 e. The predicted molar refractivity (Wildman–Crippen MR) is 111 cm³/mol. The molecule has 30 heavy (non-hydrogen) atoms. The van der Waals surface area contributed by atoms with Crippen LogP contribution >= 0.6 is 11.8 Å². The lowest BCUT2D eigenvalue weighted by molar-refractivity contribution is -0.148. The number of alkyl carbamates (subject to hydrolysis) is 1. The molecule has 158 valence electrons. The number of carboxylic acid groups (broad SMARTS) is 1. The summed E-state index contributed by atoms with van der Waals surface area (Å²) in [5.41, 5.74) is 1.50. The van der Waals surface area contributed by atoms with Gasteiger partial charge in [0.2, 0.25) is 5.91 Å². The molecule has 3 rings (SSSR count). The molecule has 1 saturated heterocycles. The lowest BCUT2D eigenvalue weighted by Crippen LogP contribution is -2.53. The molecule has 0 radical (unpaired) electrons. The third kappa shape index (κ3) is 5.66. The maximum Gasteiger partial charge on any atom is 0.408 e. The Morgan fingerprint density at radius 1 is 1.10 bits per heavy atom. The van der Waals surface area contributed by atoms with Crippen molar-refractivity contribution in [2.75, 3.05) is 11.6 Å². The predicted octanol–water partition coefficient (Wildman–Crippen LogP) is 2.22. The first-order valence-electron chi connectivity index (χ1n) is 9.30. The number of phenolic OH excluding ortho intramolecular Hbond substituents is 1. The van der Waals surface area contributed by atoms with Crippen molar-refractivity contribution < 1.29 is 29.3 Å². The molecular formula is C21H22N2O6S. The number of nitrogens with zero attached hydrogens (tertiary/aromatic N) is 1. The van der Waals surface area contributed by atoms with Gasteiger partial charge in [0, 0.05) is 12.2 Å². The lowest BCUT2D eigenvalue weighted by atomic mass is 10.0. The topological polar surface area (TPSA) is 116 Å². The van der Waals surface area contributed by atoms with Gasteiger partial charge >= 0.3 is 12.1 Å². The van der Waals surface area contributed by atoms with Gasteiger partial charge in [0.25, 0.3) is 0 Å². The maximum absolute atomic E-state index is 13.1. The average molecular weight is 430 g/mol. The number of amides is 2. The van der Waals surface area contributed by atoms with Crippen molar-refractivity contribution in [1.82, 2.24) is 10.2 Å². The number of carbonyl (C=O) groups is 3. The van der Waals surface area contributed by atoms with E-state index in [4.69, 9.17) is 4.74 Å². The molecule has 1 fully saturated rings. The van der Waals surface area contributed by atoms with Crippen molar-refractivity contribution in [2.24, 2.45) is 0 Å². The van der Waals surface area contributed by atoms with Crippen LogP contribution in [0.2, 0.25) is 0 Å². The van der Waals surface area contributed by atoms with Crippen molar-refractivity contribution in [2.45, 2.75) is 25.1 Å². The number of aliphatic carboxylic acids is 1. The van der Waals surface area contributed by atoms with Gasteiger partial charge in [-0.2, -0.15) is 0 Å². The van der Waals surface area contributed by atoms with E-state index in [1.54, 1.807) is 12.1 Å². The van der Waals surface area contributed by atoms with Gasteiger partial charge in [-0.1, -0.05) is 42.5 Å². The van der Waals surface area contributed by atoms with Gasteiger partial charge in [0.15, 0.2) is 0 Å². The van der Waals surface area contributed by atoms with Crippen molar-refractivity contribution >= 4 is 29.7 Å². The second-order valence-corrected chi connectivity index (χ2v) is 7.79. The number of aromatic hydroxyl groups is 1. The van der Waals surface area contributed by atoms with E-state index < -0.39 is 30.1 Å². The van der Waals surface area contributed by atoms with E-state index in [0.717, 1.165) is 5.56 Å². The Morgan fingerprint density at radius 2 is 1.80 bits per heavy atom. The first-order chi connectivity index (χ1) is 14.4. The number of thioether (sulfide) groups is 1. The number of benzene rings is 2. The van der Waals surface area contributed by atoms with Crippen molar-refractivity contribution in [3.63, 3.8) is 0 Å². The largest absolute Gasteiger partial charge is 0.508 e. The van der Waals surface area contributed by atoms with Gasteiger partial charge in [0.05, 0.1) is 5.88 Å². The fourth-order valence-corrected chi connectivity index (χ4v) is 4.19. The molecule has 0 aromatic heterocycles. The number of hydrogen-bond donors (Lipinski definition) is 3. The average Bonchev–Trinajstić information content (AvgIpc) is 3.24. The molecule has 1 heterocycles. The molecule has 0 saturated carbocycles. The van der Waals surface area contributed by atoms with Crippen LogP contribution in [0.3, 0.4) is 0 Å². The molecule has 1 aliphatic heterocycles. The summed E-state index contributed by atoms with van der Waals surface area (Å²) in [5.74, 6) is -0.951. The van der Waals surface area contributed by atoms with E-state index in [0.29, 0.717) is 11.3 Å². The minimum absolute atomic E-state index is 0.0457. The third-order valence-corrected chi connectivity index (χ3v) is 5.64. The lowest BCUT2D eigenvalue weighted by Gasteiger charge is -2.26. The van der Waals surface area contributed by atoms with E-state index in [1.165, 1.54) is 28.8 Å². The summed E-state index contributed by atoms with van der Waals surface area (Å²) in [4.78, 5) is 38.1. The highest BCUT2D eigenvalue weighted by Gasteiger charge is 2.38. The Bertz CT molecular complexity index is 890. The van der Waals surface area contributed by atoms with E-state index >= 15 is 0 Å². The second kappa shape index (κ2) is 10.0. The van der Waals surface area contributed by atoms with Gasteiger partial charge in [-0.15, -0.1) is 11.8 Å². The summed E-state index contributed by atoms with van der Waals surface area (Å²) in [6, 6.07) is 13.4. The van der Waals surface area contributed by atoms with Crippen molar-refractivity contribution in [3.8, 4) is 5.75 Å². The van der Waals surface area contributed by atoms with Gasteiger partial charge in [-0.3, -0.25) is 4.79 Å². The summed E-state index contributed by atoms with van der Waals surface area (Å²) >= 11 is 1.35. The van der Waals surface area contributed by atoms with Crippen molar-refractivity contribution in [1.29, 1.82) is 0 Å². The molecule has 2 amide bonds. The van der Waals surface area contributed by atoms with Gasteiger partial charge in [0.1, 0.15) is 24.4 Å². The van der Waals surface area contributed by atoms with Gasteiger partial charge < -0.3 is 25.2 Å². The van der Waals surface area contributed by atoms with Crippen LogP contribution in [0.1, 0.15) is 11.1 Å². The molecule has 0 spiro atoms. The summed E-state index contributed by atoms with van der Waals surface area (Å²) < 4.78 is 5.22. The monoisotopic (exact) mass is 430 g/mol. The minimum Gasteiger partial charge on any atom is -0.508 e. The molecule has 0 unspecified atom stereocenters. The molecule has 2 aromatic carbocycles. The van der Waals surface area contributed by atoms with Crippen LogP contribution < -0.4 is 5.32 Å². The molecule has 2 atom stereocenters. The zero-order chi connectivity index (χ0) is 21.5. The van der Waals surface area contributed by atoms with E-state index in [9.17, 15) is 24.6 Å². The highest BCUT2D eigenvalue weighted by Crippen LogP contribution is 2.23. The van der Waals surface area contributed by atoms with Crippen LogP contribution in [0, 0.1) is 0 Å². The van der Waals surface area contributed by atoms with Crippen LogP contribution in [0.5, 0.6) is 5.75 Å². The number of carbonyl (C=O) groups excluding carboxylic acids is 2. The molecule has 3 N–H and O–H groups in total. The highest BCUT2D eigenvalue weighted by atomic mass is 32.2. The number of phenols is 1. The molecule has 8 nitrogen and oxygen atoms in total. The number of carboxylic acids is 1. The molecule has 9 heteroatoms. The summed E-state index contributed by atoms with van der Waals surface area (Å²) in [6.45, 7) is 0.0457. The SMILES string of the molecule is O=C(N[C@@H](Cc1ccc(O)cc1)C(=O)N1CSC[C@H]1C(=O)O)OCc1ccccc1.